The van der Waals surface area contributed by atoms with Crippen molar-refractivity contribution in [3.8, 4) is 0 Å². The maximum atomic E-state index is 13.5. The van der Waals surface area contributed by atoms with Crippen molar-refractivity contribution in [3.05, 3.63) is 77.9 Å². The first-order valence-electron chi connectivity index (χ1n) is 9.93. The third-order valence-electron chi connectivity index (χ3n) is 5.19. The molecule has 1 fully saturated rings. The highest BCUT2D eigenvalue weighted by Crippen LogP contribution is 2.27. The molecule has 1 saturated heterocycles. The summed E-state index contributed by atoms with van der Waals surface area (Å²) < 4.78 is 42.3. The van der Waals surface area contributed by atoms with Crippen molar-refractivity contribution in [1.82, 2.24) is 24.6 Å². The van der Waals surface area contributed by atoms with E-state index >= 15 is 0 Å². The average molecular weight is 444 g/mol. The van der Waals surface area contributed by atoms with Crippen LogP contribution in [0.5, 0.6) is 0 Å². The topological polar surface area (TPSA) is 97.2 Å². The van der Waals surface area contributed by atoms with Gasteiger partial charge in [-0.1, -0.05) is 41.6 Å². The Hall–Kier alpha value is -3.11. The lowest BCUT2D eigenvalue weighted by atomic mass is 10.2. The number of amides is 1. The van der Waals surface area contributed by atoms with Gasteiger partial charge in [0.2, 0.25) is 10.0 Å². The highest BCUT2D eigenvalue weighted by atomic mass is 32.2. The molecule has 0 spiro atoms. The van der Waals surface area contributed by atoms with Gasteiger partial charge in [-0.15, -0.1) is 5.10 Å². The maximum absolute atomic E-state index is 13.5. The Morgan fingerprint density at radius 2 is 1.97 bits per heavy atom. The molecule has 2 heterocycles. The van der Waals surface area contributed by atoms with Crippen LogP contribution in [0.2, 0.25) is 0 Å². The molecular weight excluding hydrogens is 421 g/mol. The molecule has 162 valence electrons. The van der Waals surface area contributed by atoms with E-state index < -0.39 is 15.8 Å². The lowest BCUT2D eigenvalue weighted by Gasteiger charge is -2.23. The minimum atomic E-state index is -3.83. The van der Waals surface area contributed by atoms with Crippen LogP contribution in [0.3, 0.4) is 0 Å². The predicted octanol–water partition coefficient (Wildman–Crippen LogP) is 2.20. The van der Waals surface area contributed by atoms with E-state index in [1.807, 2.05) is 30.3 Å². The average Bonchev–Trinajstić information content (AvgIpc) is 3.43. The normalized spacial score (nSPS) is 17.0. The second-order valence-electron chi connectivity index (χ2n) is 7.36. The Bertz CT molecular complexity index is 1170. The Morgan fingerprint density at radius 1 is 1.16 bits per heavy atom. The first-order valence-corrected chi connectivity index (χ1v) is 11.4. The van der Waals surface area contributed by atoms with Crippen molar-refractivity contribution in [2.45, 2.75) is 36.9 Å². The second-order valence-corrected chi connectivity index (χ2v) is 9.25. The van der Waals surface area contributed by atoms with E-state index in [1.165, 1.54) is 33.4 Å². The molecule has 0 aliphatic carbocycles. The lowest BCUT2D eigenvalue weighted by molar-refractivity contribution is 0.0945. The molecule has 0 saturated carbocycles. The molecule has 1 aromatic heterocycles. The van der Waals surface area contributed by atoms with Crippen LogP contribution in [0.4, 0.5) is 4.39 Å². The van der Waals surface area contributed by atoms with Gasteiger partial charge in [0.1, 0.15) is 5.82 Å². The van der Waals surface area contributed by atoms with Gasteiger partial charge >= 0.3 is 0 Å². The number of nitrogens with zero attached hydrogens (tertiary/aromatic N) is 4. The molecule has 8 nitrogen and oxygen atoms in total. The summed E-state index contributed by atoms with van der Waals surface area (Å²) in [5.41, 5.74) is 1.13. The molecule has 2 aromatic carbocycles. The summed E-state index contributed by atoms with van der Waals surface area (Å²) in [5, 5.41) is 10.7. The molecule has 1 amide bonds. The highest BCUT2D eigenvalue weighted by molar-refractivity contribution is 7.89. The number of sulfonamides is 1. The zero-order chi connectivity index (χ0) is 21.8. The number of benzene rings is 2. The number of rotatable bonds is 7. The van der Waals surface area contributed by atoms with Crippen LogP contribution in [-0.4, -0.2) is 46.2 Å². The minimum Gasteiger partial charge on any atom is -0.347 e. The largest absolute Gasteiger partial charge is 0.347 e. The number of carbonyl (C=O) groups is 1. The van der Waals surface area contributed by atoms with Crippen molar-refractivity contribution in [3.63, 3.8) is 0 Å². The maximum Gasteiger partial charge on any atom is 0.273 e. The molecule has 1 atom stereocenters. The third-order valence-corrected chi connectivity index (χ3v) is 7.14. The molecule has 1 aliphatic heterocycles. The Labute approximate surface area is 179 Å². The predicted molar refractivity (Wildman–Crippen MR) is 111 cm³/mol. The Morgan fingerprint density at radius 3 is 2.74 bits per heavy atom. The molecule has 1 N–H and O–H groups in total. The van der Waals surface area contributed by atoms with E-state index in [-0.39, 0.29) is 29.1 Å². The van der Waals surface area contributed by atoms with Gasteiger partial charge in [-0.25, -0.2) is 12.8 Å². The Kier molecular flexibility index (Phi) is 6.10. The Balaban J connectivity index is 1.42. The van der Waals surface area contributed by atoms with E-state index in [0.29, 0.717) is 25.9 Å². The molecule has 31 heavy (non-hydrogen) atoms. The van der Waals surface area contributed by atoms with Crippen LogP contribution in [0.1, 0.15) is 28.9 Å². The number of nitrogens with one attached hydrogen (secondary N) is 1. The zero-order valence-electron chi connectivity index (χ0n) is 16.7. The fourth-order valence-corrected chi connectivity index (χ4v) is 5.36. The van der Waals surface area contributed by atoms with Crippen molar-refractivity contribution < 1.29 is 17.6 Å². The number of hydrogen-bond donors (Lipinski definition) is 1. The number of aromatic nitrogens is 3. The van der Waals surface area contributed by atoms with Crippen molar-refractivity contribution >= 4 is 15.9 Å². The molecule has 1 aliphatic rings. The summed E-state index contributed by atoms with van der Waals surface area (Å²) >= 11 is 0. The van der Waals surface area contributed by atoms with Gasteiger partial charge in [-0.3, -0.25) is 9.48 Å². The van der Waals surface area contributed by atoms with E-state index in [4.69, 9.17) is 0 Å². The number of hydrogen-bond acceptors (Lipinski definition) is 5. The molecule has 4 rings (SSSR count). The second kappa shape index (κ2) is 8.94. The minimum absolute atomic E-state index is 0.0704. The first kappa shape index (κ1) is 21.1. The number of halogens is 1. The van der Waals surface area contributed by atoms with Gasteiger partial charge in [0.05, 0.1) is 17.6 Å². The van der Waals surface area contributed by atoms with Crippen LogP contribution in [0.25, 0.3) is 0 Å². The van der Waals surface area contributed by atoms with E-state index in [1.54, 1.807) is 0 Å². The van der Waals surface area contributed by atoms with Gasteiger partial charge in [-0.2, -0.15) is 4.31 Å². The van der Waals surface area contributed by atoms with Crippen LogP contribution in [0.15, 0.2) is 65.7 Å². The van der Waals surface area contributed by atoms with E-state index in [2.05, 4.69) is 15.6 Å². The van der Waals surface area contributed by atoms with Crippen LogP contribution < -0.4 is 5.32 Å². The zero-order valence-corrected chi connectivity index (χ0v) is 17.5. The summed E-state index contributed by atoms with van der Waals surface area (Å²) in [5.74, 6) is -0.954. The van der Waals surface area contributed by atoms with Crippen LogP contribution >= 0.6 is 0 Å². The molecule has 10 heteroatoms. The third kappa shape index (κ3) is 4.80. The van der Waals surface area contributed by atoms with E-state index in [9.17, 15) is 17.6 Å². The first-order chi connectivity index (χ1) is 14.9. The lowest BCUT2D eigenvalue weighted by Crippen LogP contribution is -2.38. The summed E-state index contributed by atoms with van der Waals surface area (Å²) in [7, 11) is -3.83. The summed E-state index contributed by atoms with van der Waals surface area (Å²) in [6, 6.07) is 14.1. The van der Waals surface area contributed by atoms with Crippen LogP contribution in [0, 0.1) is 5.82 Å². The quantitative estimate of drug-likeness (QED) is 0.604. The summed E-state index contributed by atoms with van der Waals surface area (Å²) in [6.45, 7) is 0.977. The number of carbonyl (C=O) groups excluding carboxylic acids is 1. The molecule has 0 bridgehead atoms. The van der Waals surface area contributed by atoms with Crippen molar-refractivity contribution in [2.24, 2.45) is 0 Å². The van der Waals surface area contributed by atoms with E-state index in [0.717, 1.165) is 11.6 Å². The van der Waals surface area contributed by atoms with Gasteiger partial charge in [0.15, 0.2) is 5.69 Å². The highest BCUT2D eigenvalue weighted by Gasteiger charge is 2.36. The fourth-order valence-electron chi connectivity index (χ4n) is 3.65. The van der Waals surface area contributed by atoms with Gasteiger partial charge in [0.25, 0.3) is 5.91 Å². The monoisotopic (exact) mass is 443 g/mol. The SMILES string of the molecule is O=C(NCc1ccccc1)c1cn(C[C@@H]2CCCN2S(=O)(=O)c2cccc(F)c2)nn1. The van der Waals surface area contributed by atoms with Gasteiger partial charge < -0.3 is 5.32 Å². The van der Waals surface area contributed by atoms with Gasteiger partial charge in [0, 0.05) is 19.1 Å². The van der Waals surface area contributed by atoms with Crippen LogP contribution in [-0.2, 0) is 23.1 Å². The van der Waals surface area contributed by atoms with Gasteiger partial charge in [-0.05, 0) is 36.6 Å². The molecule has 3 aromatic rings. The standard InChI is InChI=1S/C21H22FN5O3S/c22-17-8-4-10-19(12-17)31(29,30)27-11-5-9-18(27)14-26-15-20(24-25-26)21(28)23-13-16-6-2-1-3-7-16/h1-4,6-8,10,12,15,18H,5,9,11,13-14H2,(H,23,28)/t18-/m0/s1. The van der Waals surface area contributed by atoms with Crippen molar-refractivity contribution in [1.29, 1.82) is 0 Å². The van der Waals surface area contributed by atoms with Crippen molar-refractivity contribution in [2.75, 3.05) is 6.54 Å². The fraction of sp³-hybridized carbons (Fsp3) is 0.286. The molecule has 0 unspecified atom stereocenters. The molecule has 0 radical (unpaired) electrons. The summed E-state index contributed by atoms with van der Waals surface area (Å²) in [6.07, 6.45) is 2.84. The molecular formula is C21H22FN5O3S. The smallest absolute Gasteiger partial charge is 0.273 e. The summed E-state index contributed by atoms with van der Waals surface area (Å²) in [4.78, 5) is 12.3.